The molecule has 3 N–H and O–H groups in total. The molecule has 1 heterocycles. The fourth-order valence-electron chi connectivity index (χ4n) is 3.00. The summed E-state index contributed by atoms with van der Waals surface area (Å²) in [6, 6.07) is 5.64. The zero-order valence-electron chi connectivity index (χ0n) is 15.5. The molecule has 1 fully saturated rings. The van der Waals surface area contributed by atoms with E-state index >= 15 is 0 Å². The quantitative estimate of drug-likeness (QED) is 0.748. The van der Waals surface area contributed by atoms with E-state index in [2.05, 4.69) is 22.9 Å². The number of hydrogen-bond acceptors (Lipinski definition) is 3. The van der Waals surface area contributed by atoms with Crippen molar-refractivity contribution in [2.75, 3.05) is 18.4 Å². The van der Waals surface area contributed by atoms with Crippen LogP contribution in [0.5, 0.6) is 0 Å². The molecule has 25 heavy (non-hydrogen) atoms. The number of rotatable bonds is 5. The number of anilines is 1. The lowest BCUT2D eigenvalue weighted by molar-refractivity contribution is -0.116. The SMILES string of the molecule is Cc1cc(C(=O)NC2CCNCC2C)ccc1NC(=O)CC(C)C.Cl. The van der Waals surface area contributed by atoms with E-state index in [9.17, 15) is 9.59 Å². The maximum absolute atomic E-state index is 12.5. The van der Waals surface area contributed by atoms with Gasteiger partial charge in [-0.25, -0.2) is 0 Å². The van der Waals surface area contributed by atoms with Crippen molar-refractivity contribution < 1.29 is 9.59 Å². The minimum absolute atomic E-state index is 0. The Morgan fingerprint density at radius 2 is 2.04 bits per heavy atom. The number of hydrogen-bond donors (Lipinski definition) is 3. The number of aryl methyl sites for hydroxylation is 1. The van der Waals surface area contributed by atoms with Crippen molar-refractivity contribution in [1.29, 1.82) is 0 Å². The Kier molecular flexibility index (Phi) is 8.39. The van der Waals surface area contributed by atoms with Gasteiger partial charge in [-0.15, -0.1) is 12.4 Å². The molecule has 0 bridgehead atoms. The molecule has 1 aromatic carbocycles. The Balaban J connectivity index is 0.00000312. The minimum Gasteiger partial charge on any atom is -0.349 e. The van der Waals surface area contributed by atoms with Crippen molar-refractivity contribution in [3.8, 4) is 0 Å². The summed E-state index contributed by atoms with van der Waals surface area (Å²) >= 11 is 0. The van der Waals surface area contributed by atoms with Gasteiger partial charge in [0.1, 0.15) is 0 Å². The number of nitrogens with one attached hydrogen (secondary N) is 3. The first-order valence-corrected chi connectivity index (χ1v) is 8.79. The molecule has 2 amide bonds. The highest BCUT2D eigenvalue weighted by atomic mass is 35.5. The van der Waals surface area contributed by atoms with Crippen LogP contribution in [0.25, 0.3) is 0 Å². The molecule has 0 aliphatic carbocycles. The molecule has 0 spiro atoms. The van der Waals surface area contributed by atoms with Gasteiger partial charge in [-0.2, -0.15) is 0 Å². The lowest BCUT2D eigenvalue weighted by Gasteiger charge is -2.30. The number of amides is 2. The van der Waals surface area contributed by atoms with Gasteiger partial charge in [0.15, 0.2) is 0 Å². The van der Waals surface area contributed by atoms with E-state index in [1.807, 2.05) is 32.9 Å². The second kappa shape index (κ2) is 9.78. The van der Waals surface area contributed by atoms with Gasteiger partial charge in [0.05, 0.1) is 0 Å². The number of benzene rings is 1. The monoisotopic (exact) mass is 367 g/mol. The Morgan fingerprint density at radius 3 is 2.64 bits per heavy atom. The summed E-state index contributed by atoms with van der Waals surface area (Å²) in [5.41, 5.74) is 2.31. The summed E-state index contributed by atoms with van der Waals surface area (Å²) in [6.45, 7) is 9.97. The van der Waals surface area contributed by atoms with Crippen LogP contribution in [0.3, 0.4) is 0 Å². The molecule has 2 atom stereocenters. The van der Waals surface area contributed by atoms with Crippen molar-refractivity contribution in [3.63, 3.8) is 0 Å². The van der Waals surface area contributed by atoms with Gasteiger partial charge in [0.2, 0.25) is 5.91 Å². The third-order valence-electron chi connectivity index (χ3n) is 4.46. The minimum atomic E-state index is -0.0445. The van der Waals surface area contributed by atoms with Gasteiger partial charge < -0.3 is 16.0 Å². The molecule has 0 radical (unpaired) electrons. The van der Waals surface area contributed by atoms with E-state index in [0.717, 1.165) is 30.8 Å². The molecule has 2 rings (SSSR count). The van der Waals surface area contributed by atoms with Crippen LogP contribution in [0, 0.1) is 18.8 Å². The van der Waals surface area contributed by atoms with Gasteiger partial charge >= 0.3 is 0 Å². The average Bonchev–Trinajstić information content (AvgIpc) is 2.50. The van der Waals surface area contributed by atoms with Crippen molar-refractivity contribution in [1.82, 2.24) is 10.6 Å². The van der Waals surface area contributed by atoms with E-state index in [1.165, 1.54) is 0 Å². The fraction of sp³-hybridized carbons (Fsp3) is 0.579. The van der Waals surface area contributed by atoms with Gasteiger partial charge in [-0.05, 0) is 62.0 Å². The number of halogens is 1. The van der Waals surface area contributed by atoms with Gasteiger partial charge in [-0.3, -0.25) is 9.59 Å². The lowest BCUT2D eigenvalue weighted by atomic mass is 9.95. The normalized spacial score (nSPS) is 19.9. The Hall–Kier alpha value is -1.59. The molecule has 1 saturated heterocycles. The van der Waals surface area contributed by atoms with Crippen LogP contribution in [0.1, 0.15) is 49.5 Å². The summed E-state index contributed by atoms with van der Waals surface area (Å²) in [7, 11) is 0. The third kappa shape index (κ3) is 6.33. The second-order valence-electron chi connectivity index (χ2n) is 7.23. The smallest absolute Gasteiger partial charge is 0.251 e. The van der Waals surface area contributed by atoms with Crippen LogP contribution >= 0.6 is 12.4 Å². The largest absolute Gasteiger partial charge is 0.349 e. The first-order valence-electron chi connectivity index (χ1n) is 8.79. The van der Waals surface area contributed by atoms with E-state index in [-0.39, 0.29) is 30.3 Å². The highest BCUT2D eigenvalue weighted by Gasteiger charge is 2.23. The summed E-state index contributed by atoms with van der Waals surface area (Å²) in [6.07, 6.45) is 1.45. The van der Waals surface area contributed by atoms with Crippen LogP contribution in [0.15, 0.2) is 18.2 Å². The first kappa shape index (κ1) is 21.5. The van der Waals surface area contributed by atoms with E-state index in [1.54, 1.807) is 6.07 Å². The van der Waals surface area contributed by atoms with E-state index in [0.29, 0.717) is 23.8 Å². The molecular weight excluding hydrogens is 338 g/mol. The Bertz CT molecular complexity index is 604. The van der Waals surface area contributed by atoms with Crippen LogP contribution < -0.4 is 16.0 Å². The molecular formula is C19H30ClN3O2. The van der Waals surface area contributed by atoms with Gasteiger partial charge in [0.25, 0.3) is 5.91 Å². The average molecular weight is 368 g/mol. The van der Waals surface area contributed by atoms with Crippen molar-refractivity contribution in [2.45, 2.75) is 46.6 Å². The predicted molar refractivity (Wildman–Crippen MR) is 104 cm³/mol. The molecule has 1 aliphatic rings. The predicted octanol–water partition coefficient (Wildman–Crippen LogP) is 3.13. The van der Waals surface area contributed by atoms with Crippen LogP contribution in [0.4, 0.5) is 5.69 Å². The topological polar surface area (TPSA) is 70.2 Å². The summed E-state index contributed by atoms with van der Waals surface area (Å²) in [5, 5.41) is 9.38. The molecule has 0 aromatic heterocycles. The number of carbonyl (C=O) groups excluding carboxylic acids is 2. The van der Waals surface area contributed by atoms with Crippen LogP contribution in [-0.2, 0) is 4.79 Å². The van der Waals surface area contributed by atoms with Crippen LogP contribution in [-0.4, -0.2) is 30.9 Å². The Labute approximate surface area is 156 Å². The molecule has 5 nitrogen and oxygen atoms in total. The molecule has 6 heteroatoms. The van der Waals surface area contributed by atoms with Gasteiger partial charge in [0, 0.05) is 23.7 Å². The zero-order chi connectivity index (χ0) is 17.7. The fourth-order valence-corrected chi connectivity index (χ4v) is 3.00. The summed E-state index contributed by atoms with van der Waals surface area (Å²) in [5.74, 6) is 0.714. The van der Waals surface area contributed by atoms with Crippen molar-refractivity contribution in [2.24, 2.45) is 11.8 Å². The zero-order valence-corrected chi connectivity index (χ0v) is 16.3. The number of piperidine rings is 1. The van der Waals surface area contributed by atoms with Crippen molar-refractivity contribution in [3.05, 3.63) is 29.3 Å². The van der Waals surface area contributed by atoms with E-state index < -0.39 is 0 Å². The molecule has 1 aromatic rings. The summed E-state index contributed by atoms with van der Waals surface area (Å²) in [4.78, 5) is 24.4. The highest BCUT2D eigenvalue weighted by Crippen LogP contribution is 2.18. The molecule has 2 unspecified atom stereocenters. The van der Waals surface area contributed by atoms with Gasteiger partial charge in [-0.1, -0.05) is 20.8 Å². The van der Waals surface area contributed by atoms with Crippen molar-refractivity contribution >= 4 is 29.9 Å². The number of carbonyl (C=O) groups is 2. The van der Waals surface area contributed by atoms with Crippen LogP contribution in [0.2, 0.25) is 0 Å². The highest BCUT2D eigenvalue weighted by molar-refractivity contribution is 5.96. The standard InChI is InChI=1S/C19H29N3O2.ClH/c1-12(2)9-18(23)21-16-6-5-15(10-13(16)3)19(24)22-17-7-8-20-11-14(17)4;/h5-6,10,12,14,17,20H,7-9,11H2,1-4H3,(H,21,23)(H,22,24);1H. The Morgan fingerprint density at radius 1 is 1.32 bits per heavy atom. The maximum Gasteiger partial charge on any atom is 0.251 e. The molecule has 140 valence electrons. The van der Waals surface area contributed by atoms with E-state index in [4.69, 9.17) is 0 Å². The third-order valence-corrected chi connectivity index (χ3v) is 4.46. The summed E-state index contributed by atoms with van der Waals surface area (Å²) < 4.78 is 0. The lowest BCUT2D eigenvalue weighted by Crippen LogP contribution is -2.48. The second-order valence-corrected chi connectivity index (χ2v) is 7.23. The maximum atomic E-state index is 12.5. The first-order chi connectivity index (χ1) is 11.4. The molecule has 1 aliphatic heterocycles. The molecule has 0 saturated carbocycles.